The van der Waals surface area contributed by atoms with E-state index in [1.807, 2.05) is 24.3 Å². The molecule has 0 amide bonds. The second-order valence-electron chi connectivity index (χ2n) is 4.75. The minimum absolute atomic E-state index is 0.602. The summed E-state index contributed by atoms with van der Waals surface area (Å²) in [6.45, 7) is 5.57. The van der Waals surface area contributed by atoms with Crippen LogP contribution in [0.2, 0.25) is 0 Å². The van der Waals surface area contributed by atoms with Crippen LogP contribution in [-0.4, -0.2) is 0 Å². The van der Waals surface area contributed by atoms with Crippen molar-refractivity contribution < 1.29 is 0 Å². The summed E-state index contributed by atoms with van der Waals surface area (Å²) in [4.78, 5) is 0. The van der Waals surface area contributed by atoms with E-state index in [4.69, 9.17) is 11.5 Å². The first-order valence-electron chi connectivity index (χ1n) is 7.29. The molecule has 0 bridgehead atoms. The predicted octanol–water partition coefficient (Wildman–Crippen LogP) is 3.42. The Morgan fingerprint density at radius 2 is 0.800 bits per heavy atom. The van der Waals surface area contributed by atoms with Crippen molar-refractivity contribution in [2.45, 2.75) is 39.8 Å². The zero-order chi connectivity index (χ0) is 14.8. The van der Waals surface area contributed by atoms with Gasteiger partial charge in [-0.2, -0.15) is 0 Å². The van der Waals surface area contributed by atoms with E-state index >= 15 is 0 Å². The molecule has 0 atom stereocenters. The minimum Gasteiger partial charge on any atom is -0.326 e. The lowest BCUT2D eigenvalue weighted by Gasteiger charge is -1.97. The van der Waals surface area contributed by atoms with Gasteiger partial charge in [0.2, 0.25) is 0 Å². The molecule has 0 unspecified atom stereocenters. The van der Waals surface area contributed by atoms with Crippen LogP contribution in [0.3, 0.4) is 0 Å². The van der Waals surface area contributed by atoms with E-state index in [2.05, 4.69) is 38.1 Å². The zero-order valence-electron chi connectivity index (χ0n) is 12.6. The Morgan fingerprint density at radius 3 is 1.00 bits per heavy atom. The van der Waals surface area contributed by atoms with Crippen LogP contribution < -0.4 is 11.5 Å². The van der Waals surface area contributed by atoms with Crippen molar-refractivity contribution in [3.05, 3.63) is 70.8 Å². The summed E-state index contributed by atoms with van der Waals surface area (Å²) in [6.07, 6.45) is 2.29. The summed E-state index contributed by atoms with van der Waals surface area (Å²) in [6, 6.07) is 16.8. The van der Waals surface area contributed by atoms with Crippen molar-refractivity contribution in [2.24, 2.45) is 11.5 Å². The normalized spacial score (nSPS) is 9.80. The van der Waals surface area contributed by atoms with E-state index in [-0.39, 0.29) is 0 Å². The molecule has 2 aromatic rings. The van der Waals surface area contributed by atoms with Gasteiger partial charge in [0, 0.05) is 13.1 Å². The van der Waals surface area contributed by atoms with Gasteiger partial charge in [0.05, 0.1) is 0 Å². The van der Waals surface area contributed by atoms with Gasteiger partial charge in [-0.3, -0.25) is 0 Å². The summed E-state index contributed by atoms with van der Waals surface area (Å²) >= 11 is 0. The van der Waals surface area contributed by atoms with E-state index in [9.17, 15) is 0 Å². The fraction of sp³-hybridized carbons (Fsp3) is 0.333. The first-order chi connectivity index (χ1) is 9.73. The highest BCUT2D eigenvalue weighted by Crippen LogP contribution is 2.04. The molecule has 0 heterocycles. The van der Waals surface area contributed by atoms with E-state index < -0.39 is 0 Å². The van der Waals surface area contributed by atoms with Gasteiger partial charge in [0.1, 0.15) is 0 Å². The van der Waals surface area contributed by atoms with Crippen LogP contribution in [0.25, 0.3) is 0 Å². The van der Waals surface area contributed by atoms with Gasteiger partial charge in [-0.1, -0.05) is 62.4 Å². The lowest BCUT2D eigenvalue weighted by Crippen LogP contribution is -1.98. The number of rotatable bonds is 4. The molecule has 2 heteroatoms. The van der Waals surface area contributed by atoms with Crippen LogP contribution in [0, 0.1) is 0 Å². The van der Waals surface area contributed by atoms with Crippen molar-refractivity contribution in [3.63, 3.8) is 0 Å². The molecular weight excluding hydrogens is 244 g/mol. The van der Waals surface area contributed by atoms with Crippen molar-refractivity contribution in [3.8, 4) is 0 Å². The fourth-order valence-electron chi connectivity index (χ4n) is 1.82. The first kappa shape index (κ1) is 16.4. The summed E-state index contributed by atoms with van der Waals surface area (Å²) in [5, 5.41) is 0. The van der Waals surface area contributed by atoms with Crippen molar-refractivity contribution in [1.82, 2.24) is 0 Å². The third-order valence-corrected chi connectivity index (χ3v) is 3.33. The zero-order valence-corrected chi connectivity index (χ0v) is 12.6. The number of hydrogen-bond donors (Lipinski definition) is 2. The molecule has 0 saturated carbocycles. The van der Waals surface area contributed by atoms with Gasteiger partial charge >= 0.3 is 0 Å². The number of aryl methyl sites for hydroxylation is 2. The molecule has 0 aliphatic carbocycles. The van der Waals surface area contributed by atoms with Crippen LogP contribution in [0.5, 0.6) is 0 Å². The highest BCUT2D eigenvalue weighted by atomic mass is 14.5. The Kier molecular flexibility index (Phi) is 7.63. The average molecular weight is 270 g/mol. The third-order valence-electron chi connectivity index (χ3n) is 3.33. The standard InChI is InChI=1S/C10H14.C8H12N2/c1-3-9-5-7-10(4-2)8-6-9;9-5-7-1-2-8(6-10)4-3-7/h5-8H,3-4H2,1-2H3;1-4H,5-6,9-10H2. The second kappa shape index (κ2) is 9.29. The molecule has 0 spiro atoms. The molecule has 0 saturated heterocycles. The largest absolute Gasteiger partial charge is 0.326 e. The summed E-state index contributed by atoms with van der Waals surface area (Å²) in [5.74, 6) is 0. The smallest absolute Gasteiger partial charge is 0.0178 e. The monoisotopic (exact) mass is 270 g/mol. The lowest BCUT2D eigenvalue weighted by atomic mass is 10.1. The minimum atomic E-state index is 0.602. The average Bonchev–Trinajstić information content (AvgIpc) is 2.55. The van der Waals surface area contributed by atoms with Crippen molar-refractivity contribution in [2.75, 3.05) is 0 Å². The molecule has 0 radical (unpaired) electrons. The van der Waals surface area contributed by atoms with Crippen molar-refractivity contribution >= 4 is 0 Å². The Hall–Kier alpha value is -1.64. The van der Waals surface area contributed by atoms with Gasteiger partial charge in [-0.25, -0.2) is 0 Å². The van der Waals surface area contributed by atoms with Gasteiger partial charge in [-0.15, -0.1) is 0 Å². The maximum atomic E-state index is 5.41. The molecule has 2 aromatic carbocycles. The molecule has 0 fully saturated rings. The predicted molar refractivity (Wildman–Crippen MR) is 87.4 cm³/mol. The first-order valence-corrected chi connectivity index (χ1v) is 7.29. The van der Waals surface area contributed by atoms with E-state index in [1.165, 1.54) is 11.1 Å². The quantitative estimate of drug-likeness (QED) is 0.894. The summed E-state index contributed by atoms with van der Waals surface area (Å²) in [5.41, 5.74) is 16.0. The highest BCUT2D eigenvalue weighted by Gasteiger charge is 1.89. The molecule has 4 N–H and O–H groups in total. The molecule has 20 heavy (non-hydrogen) atoms. The molecule has 2 nitrogen and oxygen atoms in total. The molecule has 108 valence electrons. The molecule has 0 aliphatic rings. The maximum absolute atomic E-state index is 5.41. The fourth-order valence-corrected chi connectivity index (χ4v) is 1.82. The van der Waals surface area contributed by atoms with Gasteiger partial charge in [0.15, 0.2) is 0 Å². The van der Waals surface area contributed by atoms with Gasteiger partial charge in [0.25, 0.3) is 0 Å². The van der Waals surface area contributed by atoms with Crippen LogP contribution in [-0.2, 0) is 25.9 Å². The lowest BCUT2D eigenvalue weighted by molar-refractivity contribution is 1.04. The van der Waals surface area contributed by atoms with Crippen LogP contribution in [0.4, 0.5) is 0 Å². The Labute approximate surface area is 122 Å². The highest BCUT2D eigenvalue weighted by molar-refractivity contribution is 5.22. The second-order valence-corrected chi connectivity index (χ2v) is 4.75. The number of nitrogens with two attached hydrogens (primary N) is 2. The van der Waals surface area contributed by atoms with E-state index in [0.717, 1.165) is 24.0 Å². The number of benzene rings is 2. The number of hydrogen-bond acceptors (Lipinski definition) is 2. The van der Waals surface area contributed by atoms with Gasteiger partial charge < -0.3 is 11.5 Å². The van der Waals surface area contributed by atoms with Crippen LogP contribution in [0.1, 0.15) is 36.1 Å². The van der Waals surface area contributed by atoms with Gasteiger partial charge in [-0.05, 0) is 35.1 Å². The maximum Gasteiger partial charge on any atom is 0.0178 e. The Balaban J connectivity index is 0.000000200. The van der Waals surface area contributed by atoms with Crippen LogP contribution in [0.15, 0.2) is 48.5 Å². The Bertz CT molecular complexity index is 378. The molecule has 2 rings (SSSR count). The van der Waals surface area contributed by atoms with Crippen molar-refractivity contribution in [1.29, 1.82) is 0 Å². The van der Waals surface area contributed by atoms with Crippen LogP contribution >= 0.6 is 0 Å². The summed E-state index contributed by atoms with van der Waals surface area (Å²) < 4.78 is 0. The SMILES string of the molecule is CCc1ccc(CC)cc1.NCc1ccc(CN)cc1. The third kappa shape index (κ3) is 5.55. The molecular formula is C18H26N2. The Morgan fingerprint density at radius 1 is 0.550 bits per heavy atom. The van der Waals surface area contributed by atoms with E-state index in [0.29, 0.717) is 13.1 Å². The summed E-state index contributed by atoms with van der Waals surface area (Å²) in [7, 11) is 0. The topological polar surface area (TPSA) is 52.0 Å². The molecule has 0 aliphatic heterocycles. The van der Waals surface area contributed by atoms with E-state index in [1.54, 1.807) is 0 Å². The molecule has 0 aromatic heterocycles.